The summed E-state index contributed by atoms with van der Waals surface area (Å²) in [5.74, 6) is -0.439. The Morgan fingerprint density at radius 3 is 2.50 bits per heavy atom. The molecule has 1 aromatic heterocycles. The van der Waals surface area contributed by atoms with E-state index in [1.165, 1.54) is 0 Å². The van der Waals surface area contributed by atoms with Gasteiger partial charge in [0.05, 0.1) is 5.56 Å². The first kappa shape index (κ1) is 12.4. The zero-order chi connectivity index (χ0) is 14.3. The molecule has 3 aromatic rings. The zero-order valence-corrected chi connectivity index (χ0v) is 11.2. The SMILES string of the molecule is Cc1cc(C)c2oc(-c3ccc(C(=O)O)cc3)nc2c1. The third kappa shape index (κ3) is 2.05. The van der Waals surface area contributed by atoms with E-state index in [4.69, 9.17) is 9.52 Å². The second-order valence-electron chi connectivity index (χ2n) is 4.83. The van der Waals surface area contributed by atoms with Gasteiger partial charge in [0.25, 0.3) is 0 Å². The first-order chi connectivity index (χ1) is 9.54. The van der Waals surface area contributed by atoms with Crippen molar-refractivity contribution in [2.45, 2.75) is 13.8 Å². The number of hydrogen-bond donors (Lipinski definition) is 1. The Hall–Kier alpha value is -2.62. The number of aryl methyl sites for hydroxylation is 2. The molecule has 0 radical (unpaired) electrons. The number of benzene rings is 2. The van der Waals surface area contributed by atoms with Crippen molar-refractivity contribution in [2.75, 3.05) is 0 Å². The molecule has 1 N–H and O–H groups in total. The van der Waals surface area contributed by atoms with E-state index < -0.39 is 5.97 Å². The Bertz CT molecular complexity index is 800. The lowest BCUT2D eigenvalue weighted by molar-refractivity contribution is 0.0697. The lowest BCUT2D eigenvalue weighted by atomic mass is 10.1. The van der Waals surface area contributed by atoms with Gasteiger partial charge in [-0.3, -0.25) is 0 Å². The first-order valence-electron chi connectivity index (χ1n) is 6.26. The van der Waals surface area contributed by atoms with Gasteiger partial charge in [0.15, 0.2) is 5.58 Å². The van der Waals surface area contributed by atoms with Gasteiger partial charge in [0.1, 0.15) is 5.52 Å². The third-order valence-corrected chi connectivity index (χ3v) is 3.20. The van der Waals surface area contributed by atoms with Gasteiger partial charge < -0.3 is 9.52 Å². The van der Waals surface area contributed by atoms with Crippen LogP contribution in [0.3, 0.4) is 0 Å². The maximum absolute atomic E-state index is 10.8. The van der Waals surface area contributed by atoms with Crippen molar-refractivity contribution in [2.24, 2.45) is 0 Å². The molecule has 0 bridgehead atoms. The van der Waals surface area contributed by atoms with Gasteiger partial charge in [0.2, 0.25) is 5.89 Å². The summed E-state index contributed by atoms with van der Waals surface area (Å²) in [6.07, 6.45) is 0. The first-order valence-corrected chi connectivity index (χ1v) is 6.26. The summed E-state index contributed by atoms with van der Waals surface area (Å²) in [7, 11) is 0. The van der Waals surface area contributed by atoms with Crippen LogP contribution in [0.5, 0.6) is 0 Å². The highest BCUT2D eigenvalue weighted by Gasteiger charge is 2.11. The molecule has 20 heavy (non-hydrogen) atoms. The molecule has 3 rings (SSSR count). The van der Waals surface area contributed by atoms with Crippen molar-refractivity contribution < 1.29 is 14.3 Å². The largest absolute Gasteiger partial charge is 0.478 e. The molecule has 0 aliphatic heterocycles. The normalized spacial score (nSPS) is 10.9. The van der Waals surface area contributed by atoms with E-state index in [0.29, 0.717) is 5.89 Å². The molecule has 0 fully saturated rings. The second kappa shape index (κ2) is 4.49. The van der Waals surface area contributed by atoms with Gasteiger partial charge >= 0.3 is 5.97 Å². The topological polar surface area (TPSA) is 63.3 Å². The molecule has 4 nitrogen and oxygen atoms in total. The number of carboxylic acids is 1. The molecule has 100 valence electrons. The number of oxazole rings is 1. The number of nitrogens with zero attached hydrogens (tertiary/aromatic N) is 1. The number of carbonyl (C=O) groups is 1. The summed E-state index contributed by atoms with van der Waals surface area (Å²) in [6, 6.07) is 10.5. The van der Waals surface area contributed by atoms with Gasteiger partial charge in [-0.05, 0) is 55.3 Å². The molecule has 0 atom stereocenters. The number of carboxylic acid groups (broad SMARTS) is 1. The quantitative estimate of drug-likeness (QED) is 0.766. The van der Waals surface area contributed by atoms with Gasteiger partial charge in [0, 0.05) is 5.56 Å². The molecule has 0 aliphatic rings. The van der Waals surface area contributed by atoms with Gasteiger partial charge in [-0.25, -0.2) is 9.78 Å². The van der Waals surface area contributed by atoms with Crippen LogP contribution < -0.4 is 0 Å². The molecular formula is C16H13NO3. The van der Waals surface area contributed by atoms with Gasteiger partial charge in [-0.15, -0.1) is 0 Å². The van der Waals surface area contributed by atoms with Crippen LogP contribution in [-0.4, -0.2) is 16.1 Å². The Morgan fingerprint density at radius 2 is 1.85 bits per heavy atom. The van der Waals surface area contributed by atoms with Crippen molar-refractivity contribution in [3.63, 3.8) is 0 Å². The Morgan fingerprint density at radius 1 is 1.15 bits per heavy atom. The molecule has 0 amide bonds. The van der Waals surface area contributed by atoms with Crippen molar-refractivity contribution in [1.29, 1.82) is 0 Å². The van der Waals surface area contributed by atoms with E-state index in [0.717, 1.165) is 27.8 Å². The van der Waals surface area contributed by atoms with E-state index >= 15 is 0 Å². The van der Waals surface area contributed by atoms with E-state index in [2.05, 4.69) is 4.98 Å². The highest BCUT2D eigenvalue weighted by molar-refractivity contribution is 5.88. The van der Waals surface area contributed by atoms with E-state index in [9.17, 15) is 4.79 Å². The molecule has 1 heterocycles. The Balaban J connectivity index is 2.10. The van der Waals surface area contributed by atoms with Crippen LogP contribution >= 0.6 is 0 Å². The molecule has 4 heteroatoms. The molecular weight excluding hydrogens is 254 g/mol. The minimum absolute atomic E-state index is 0.247. The maximum Gasteiger partial charge on any atom is 0.335 e. The van der Waals surface area contributed by atoms with Crippen molar-refractivity contribution >= 4 is 17.1 Å². The summed E-state index contributed by atoms with van der Waals surface area (Å²) in [5.41, 5.74) is 4.78. The molecule has 2 aromatic carbocycles. The number of aromatic carboxylic acids is 1. The summed E-state index contributed by atoms with van der Waals surface area (Å²) in [5, 5.41) is 8.89. The number of hydrogen-bond acceptors (Lipinski definition) is 3. The summed E-state index contributed by atoms with van der Waals surface area (Å²) < 4.78 is 5.78. The Labute approximate surface area is 115 Å². The van der Waals surface area contributed by atoms with Crippen molar-refractivity contribution in [3.05, 3.63) is 53.1 Å². The third-order valence-electron chi connectivity index (χ3n) is 3.20. The fraction of sp³-hybridized carbons (Fsp3) is 0.125. The fourth-order valence-electron chi connectivity index (χ4n) is 2.26. The smallest absolute Gasteiger partial charge is 0.335 e. The molecule has 0 unspecified atom stereocenters. The monoisotopic (exact) mass is 267 g/mol. The van der Waals surface area contributed by atoms with Crippen LogP contribution in [0.15, 0.2) is 40.8 Å². The summed E-state index contributed by atoms with van der Waals surface area (Å²) in [6.45, 7) is 4.00. The molecule has 0 saturated carbocycles. The number of rotatable bonds is 2. The average molecular weight is 267 g/mol. The average Bonchev–Trinajstić information content (AvgIpc) is 2.83. The fourth-order valence-corrected chi connectivity index (χ4v) is 2.26. The lowest BCUT2D eigenvalue weighted by Crippen LogP contribution is -1.94. The summed E-state index contributed by atoms with van der Waals surface area (Å²) in [4.78, 5) is 15.3. The zero-order valence-electron chi connectivity index (χ0n) is 11.2. The van der Waals surface area contributed by atoms with Crippen LogP contribution in [0.2, 0.25) is 0 Å². The molecule has 0 spiro atoms. The predicted octanol–water partition coefficient (Wildman–Crippen LogP) is 3.81. The van der Waals surface area contributed by atoms with Crippen LogP contribution in [0.4, 0.5) is 0 Å². The highest BCUT2D eigenvalue weighted by Crippen LogP contribution is 2.27. The van der Waals surface area contributed by atoms with E-state index in [1.807, 2.05) is 26.0 Å². The molecule has 0 saturated heterocycles. The van der Waals surface area contributed by atoms with E-state index in [1.54, 1.807) is 24.3 Å². The highest BCUT2D eigenvalue weighted by atomic mass is 16.4. The van der Waals surface area contributed by atoms with Crippen LogP contribution in [0.25, 0.3) is 22.6 Å². The minimum Gasteiger partial charge on any atom is -0.478 e. The lowest BCUT2D eigenvalue weighted by Gasteiger charge is -1.97. The second-order valence-corrected chi connectivity index (χ2v) is 4.83. The van der Waals surface area contributed by atoms with Crippen LogP contribution in [0, 0.1) is 13.8 Å². The van der Waals surface area contributed by atoms with Crippen molar-refractivity contribution in [3.8, 4) is 11.5 Å². The van der Waals surface area contributed by atoms with E-state index in [-0.39, 0.29) is 5.56 Å². The van der Waals surface area contributed by atoms with Gasteiger partial charge in [-0.1, -0.05) is 6.07 Å². The van der Waals surface area contributed by atoms with Crippen molar-refractivity contribution in [1.82, 2.24) is 4.98 Å². The minimum atomic E-state index is -0.944. The van der Waals surface area contributed by atoms with Crippen LogP contribution in [-0.2, 0) is 0 Å². The molecule has 0 aliphatic carbocycles. The Kier molecular flexibility index (Phi) is 2.79. The standard InChI is InChI=1S/C16H13NO3/c1-9-7-10(2)14-13(8-9)17-15(20-14)11-3-5-12(6-4-11)16(18)19/h3-8H,1-2H3,(H,18,19). The number of aromatic nitrogens is 1. The summed E-state index contributed by atoms with van der Waals surface area (Å²) >= 11 is 0. The number of fused-ring (bicyclic) bond motifs is 1. The maximum atomic E-state index is 10.8. The predicted molar refractivity (Wildman–Crippen MR) is 75.9 cm³/mol. The van der Waals surface area contributed by atoms with Gasteiger partial charge in [-0.2, -0.15) is 0 Å². The van der Waals surface area contributed by atoms with Crippen LogP contribution in [0.1, 0.15) is 21.5 Å².